The lowest BCUT2D eigenvalue weighted by Gasteiger charge is -2.22. The molecule has 1 N–H and O–H groups in total. The van der Waals surface area contributed by atoms with E-state index in [1.165, 1.54) is 12.1 Å². The van der Waals surface area contributed by atoms with Crippen LogP contribution in [0.2, 0.25) is 0 Å². The molecule has 0 aliphatic rings. The number of rotatable bonds is 4. The number of carboxylic acid groups (broad SMARTS) is 1. The molecule has 2 aromatic carbocycles. The van der Waals surface area contributed by atoms with Crippen LogP contribution in [0.25, 0.3) is 0 Å². The summed E-state index contributed by atoms with van der Waals surface area (Å²) in [7, 11) is 1.69. The van der Waals surface area contributed by atoms with Crippen molar-refractivity contribution < 1.29 is 14.7 Å². The van der Waals surface area contributed by atoms with Gasteiger partial charge >= 0.3 is 5.97 Å². The zero-order valence-electron chi connectivity index (χ0n) is 12.0. The lowest BCUT2D eigenvalue weighted by atomic mass is 10.00. The highest BCUT2D eigenvalue weighted by atomic mass is 16.4. The Morgan fingerprint density at radius 2 is 1.57 bits per heavy atom. The van der Waals surface area contributed by atoms with Gasteiger partial charge < -0.3 is 10.0 Å². The molecule has 1 amide bonds. The minimum atomic E-state index is -0.979. The van der Waals surface area contributed by atoms with E-state index < -0.39 is 5.97 Å². The zero-order valence-corrected chi connectivity index (χ0v) is 12.0. The third-order valence-electron chi connectivity index (χ3n) is 3.50. The van der Waals surface area contributed by atoms with Crippen molar-refractivity contribution in [3.63, 3.8) is 0 Å². The second kappa shape index (κ2) is 6.22. The average Bonchev–Trinajstić information content (AvgIpc) is 2.53. The number of likely N-dealkylation sites (N-methyl/N-ethyl adjacent to an activating group) is 1. The van der Waals surface area contributed by atoms with E-state index in [0.29, 0.717) is 5.69 Å². The van der Waals surface area contributed by atoms with Gasteiger partial charge in [0.1, 0.15) is 0 Å². The number of hydrogen-bond donors (Lipinski definition) is 1. The first-order valence-corrected chi connectivity index (χ1v) is 6.66. The van der Waals surface area contributed by atoms with Crippen LogP contribution in [-0.4, -0.2) is 24.0 Å². The Morgan fingerprint density at radius 1 is 1.00 bits per heavy atom. The fourth-order valence-electron chi connectivity index (χ4n) is 2.13. The number of aromatic carboxylic acids is 1. The van der Waals surface area contributed by atoms with Gasteiger partial charge in [-0.1, -0.05) is 30.3 Å². The van der Waals surface area contributed by atoms with Crippen LogP contribution in [0.15, 0.2) is 54.6 Å². The predicted molar refractivity (Wildman–Crippen MR) is 81.7 cm³/mol. The Kier molecular flexibility index (Phi) is 4.38. The number of amides is 1. The molecule has 0 radical (unpaired) electrons. The van der Waals surface area contributed by atoms with Crippen molar-refractivity contribution in [2.24, 2.45) is 0 Å². The normalized spacial score (nSPS) is 11.7. The summed E-state index contributed by atoms with van der Waals surface area (Å²) < 4.78 is 0. The lowest BCUT2D eigenvalue weighted by molar-refractivity contribution is -0.119. The topological polar surface area (TPSA) is 57.6 Å². The minimum absolute atomic E-state index is 0.0377. The van der Waals surface area contributed by atoms with Crippen molar-refractivity contribution in [1.29, 1.82) is 0 Å². The average molecular weight is 283 g/mol. The first-order valence-electron chi connectivity index (χ1n) is 6.66. The Balaban J connectivity index is 2.17. The van der Waals surface area contributed by atoms with Gasteiger partial charge in [0.15, 0.2) is 0 Å². The van der Waals surface area contributed by atoms with E-state index in [9.17, 15) is 9.59 Å². The Bertz CT molecular complexity index is 635. The van der Waals surface area contributed by atoms with E-state index in [2.05, 4.69) is 0 Å². The summed E-state index contributed by atoms with van der Waals surface area (Å²) in [6.07, 6.45) is 0. The van der Waals surface area contributed by atoms with Gasteiger partial charge in [-0.05, 0) is 36.8 Å². The molecule has 0 aromatic heterocycles. The largest absolute Gasteiger partial charge is 0.478 e. The second-order valence-corrected chi connectivity index (χ2v) is 4.88. The highest BCUT2D eigenvalue weighted by Gasteiger charge is 2.20. The monoisotopic (exact) mass is 283 g/mol. The molecule has 2 rings (SSSR count). The molecule has 4 heteroatoms. The molecule has 4 nitrogen and oxygen atoms in total. The van der Waals surface area contributed by atoms with Crippen molar-refractivity contribution in [3.8, 4) is 0 Å². The van der Waals surface area contributed by atoms with Crippen LogP contribution < -0.4 is 4.90 Å². The Hall–Kier alpha value is -2.62. The molecular formula is C17H17NO3. The highest BCUT2D eigenvalue weighted by Crippen LogP contribution is 2.21. The fourth-order valence-corrected chi connectivity index (χ4v) is 2.13. The summed E-state index contributed by atoms with van der Waals surface area (Å²) in [6.45, 7) is 1.86. The standard InChI is InChI=1S/C17H17NO3/c1-12(13-6-4-3-5-7-13)16(19)18(2)15-10-8-14(9-11-15)17(20)21/h3-12H,1-2H3,(H,20,21). The Morgan fingerprint density at radius 3 is 2.10 bits per heavy atom. The number of anilines is 1. The summed E-state index contributed by atoms with van der Waals surface area (Å²) in [5.41, 5.74) is 1.83. The molecule has 1 atom stereocenters. The number of carbonyl (C=O) groups is 2. The van der Waals surface area contributed by atoms with Crippen LogP contribution in [0.5, 0.6) is 0 Å². The van der Waals surface area contributed by atoms with E-state index >= 15 is 0 Å². The molecule has 108 valence electrons. The molecule has 0 fully saturated rings. The van der Waals surface area contributed by atoms with Gasteiger partial charge in [0.25, 0.3) is 0 Å². The van der Waals surface area contributed by atoms with Crippen molar-refractivity contribution in [3.05, 3.63) is 65.7 Å². The highest BCUT2D eigenvalue weighted by molar-refractivity contribution is 5.98. The smallest absolute Gasteiger partial charge is 0.335 e. The lowest BCUT2D eigenvalue weighted by Crippen LogP contribution is -2.30. The molecule has 2 aromatic rings. The predicted octanol–water partition coefficient (Wildman–Crippen LogP) is 3.15. The number of carboxylic acids is 1. The molecule has 21 heavy (non-hydrogen) atoms. The minimum Gasteiger partial charge on any atom is -0.478 e. The van der Waals surface area contributed by atoms with Crippen molar-refractivity contribution in [2.75, 3.05) is 11.9 Å². The number of carbonyl (C=O) groups excluding carboxylic acids is 1. The van der Waals surface area contributed by atoms with Gasteiger partial charge in [-0.25, -0.2) is 4.79 Å². The van der Waals surface area contributed by atoms with Crippen LogP contribution in [0.3, 0.4) is 0 Å². The summed E-state index contributed by atoms with van der Waals surface area (Å²) in [4.78, 5) is 24.8. The molecule has 0 bridgehead atoms. The van der Waals surface area contributed by atoms with Gasteiger partial charge in [-0.3, -0.25) is 4.79 Å². The van der Waals surface area contributed by atoms with E-state index in [1.54, 1.807) is 24.1 Å². The molecule has 1 unspecified atom stereocenters. The van der Waals surface area contributed by atoms with Crippen molar-refractivity contribution in [1.82, 2.24) is 0 Å². The number of hydrogen-bond acceptors (Lipinski definition) is 2. The van der Waals surface area contributed by atoms with E-state index in [4.69, 9.17) is 5.11 Å². The summed E-state index contributed by atoms with van der Waals surface area (Å²) in [6, 6.07) is 15.8. The number of benzene rings is 2. The molecule has 0 saturated heterocycles. The van der Waals surface area contributed by atoms with Gasteiger partial charge in [-0.2, -0.15) is 0 Å². The molecular weight excluding hydrogens is 266 g/mol. The van der Waals surface area contributed by atoms with Gasteiger partial charge in [0.05, 0.1) is 11.5 Å². The van der Waals surface area contributed by atoms with Gasteiger partial charge in [-0.15, -0.1) is 0 Å². The second-order valence-electron chi connectivity index (χ2n) is 4.88. The van der Waals surface area contributed by atoms with Crippen LogP contribution in [-0.2, 0) is 4.79 Å². The van der Waals surface area contributed by atoms with E-state index in [0.717, 1.165) is 5.56 Å². The first-order chi connectivity index (χ1) is 10.0. The van der Waals surface area contributed by atoms with Crippen molar-refractivity contribution >= 4 is 17.6 Å². The molecule has 0 spiro atoms. The van der Waals surface area contributed by atoms with Crippen LogP contribution in [0.4, 0.5) is 5.69 Å². The molecule has 0 aliphatic heterocycles. The fraction of sp³-hybridized carbons (Fsp3) is 0.176. The van der Waals surface area contributed by atoms with Crippen LogP contribution in [0.1, 0.15) is 28.8 Å². The number of nitrogens with zero attached hydrogens (tertiary/aromatic N) is 1. The molecule has 0 aliphatic carbocycles. The maximum Gasteiger partial charge on any atom is 0.335 e. The van der Waals surface area contributed by atoms with Crippen LogP contribution in [0, 0.1) is 0 Å². The maximum atomic E-state index is 12.5. The third-order valence-corrected chi connectivity index (χ3v) is 3.50. The quantitative estimate of drug-likeness (QED) is 0.937. The molecule has 0 heterocycles. The van der Waals surface area contributed by atoms with Crippen LogP contribution >= 0.6 is 0 Å². The SMILES string of the molecule is CC(C(=O)N(C)c1ccc(C(=O)O)cc1)c1ccccc1. The summed E-state index contributed by atoms with van der Waals surface area (Å²) >= 11 is 0. The van der Waals surface area contributed by atoms with Crippen molar-refractivity contribution in [2.45, 2.75) is 12.8 Å². The van der Waals surface area contributed by atoms with E-state index in [-0.39, 0.29) is 17.4 Å². The summed E-state index contributed by atoms with van der Waals surface area (Å²) in [5, 5.41) is 8.88. The van der Waals surface area contributed by atoms with Gasteiger partial charge in [0.2, 0.25) is 5.91 Å². The van der Waals surface area contributed by atoms with Gasteiger partial charge in [0, 0.05) is 12.7 Å². The zero-order chi connectivity index (χ0) is 15.4. The first kappa shape index (κ1) is 14.8. The third kappa shape index (κ3) is 3.28. The Labute approximate surface area is 123 Å². The summed E-state index contributed by atoms with van der Waals surface area (Å²) in [5.74, 6) is -1.27. The molecule has 0 saturated carbocycles. The maximum absolute atomic E-state index is 12.5. The van der Waals surface area contributed by atoms with E-state index in [1.807, 2.05) is 37.3 Å².